The van der Waals surface area contributed by atoms with Crippen molar-refractivity contribution >= 4 is 5.97 Å². The number of ether oxygens (including phenoxy) is 2. The third kappa shape index (κ3) is 2.23. The van der Waals surface area contributed by atoms with Crippen molar-refractivity contribution in [2.45, 2.75) is 50.7 Å². The second-order valence-electron chi connectivity index (χ2n) is 4.83. The van der Waals surface area contributed by atoms with Gasteiger partial charge in [0.2, 0.25) is 0 Å². The molecule has 1 saturated heterocycles. The van der Waals surface area contributed by atoms with Crippen molar-refractivity contribution in [2.75, 3.05) is 13.2 Å². The van der Waals surface area contributed by atoms with E-state index in [9.17, 15) is 9.90 Å². The number of aliphatic hydroxyl groups excluding tert-OH is 1. The highest BCUT2D eigenvalue weighted by molar-refractivity contribution is 5.74. The second-order valence-corrected chi connectivity index (χ2v) is 4.83. The molecule has 0 aromatic carbocycles. The molecule has 16 heavy (non-hydrogen) atoms. The minimum Gasteiger partial charge on any atom is -0.464 e. The lowest BCUT2D eigenvalue weighted by Gasteiger charge is -2.47. The Hall–Kier alpha value is -0.610. The first kappa shape index (κ1) is 11.9. The van der Waals surface area contributed by atoms with Crippen molar-refractivity contribution in [3.8, 4) is 0 Å². The molecule has 2 aliphatic rings. The SMILES string of the molecule is CCOC(=O)C(O)C1CCOC2(CCC2)C1. The quantitative estimate of drug-likeness (QED) is 0.739. The molecule has 1 spiro atoms. The molecular weight excluding hydrogens is 208 g/mol. The van der Waals surface area contributed by atoms with Crippen LogP contribution >= 0.6 is 0 Å². The Morgan fingerprint density at radius 2 is 2.38 bits per heavy atom. The Bertz CT molecular complexity index is 260. The summed E-state index contributed by atoms with van der Waals surface area (Å²) in [5.41, 5.74) is -0.0314. The van der Waals surface area contributed by atoms with Crippen LogP contribution in [0, 0.1) is 5.92 Å². The summed E-state index contributed by atoms with van der Waals surface area (Å²) in [6.45, 7) is 2.73. The Kier molecular flexibility index (Phi) is 3.50. The molecule has 0 radical (unpaired) electrons. The first-order chi connectivity index (χ1) is 7.67. The van der Waals surface area contributed by atoms with E-state index >= 15 is 0 Å². The number of aliphatic hydroxyl groups is 1. The number of carbonyl (C=O) groups is 1. The summed E-state index contributed by atoms with van der Waals surface area (Å²) < 4.78 is 10.6. The third-order valence-corrected chi connectivity index (χ3v) is 3.77. The Labute approximate surface area is 95.9 Å². The minimum absolute atomic E-state index is 0.00750. The third-order valence-electron chi connectivity index (χ3n) is 3.77. The van der Waals surface area contributed by atoms with Gasteiger partial charge in [0, 0.05) is 12.5 Å². The largest absolute Gasteiger partial charge is 0.464 e. The number of carbonyl (C=O) groups excluding carboxylic acids is 1. The summed E-state index contributed by atoms with van der Waals surface area (Å²) in [7, 11) is 0. The summed E-state index contributed by atoms with van der Waals surface area (Å²) in [6, 6.07) is 0. The van der Waals surface area contributed by atoms with Gasteiger partial charge in [-0.25, -0.2) is 4.79 Å². The van der Waals surface area contributed by atoms with Gasteiger partial charge < -0.3 is 14.6 Å². The van der Waals surface area contributed by atoms with Gasteiger partial charge >= 0.3 is 5.97 Å². The van der Waals surface area contributed by atoms with Gasteiger partial charge in [-0.3, -0.25) is 0 Å². The van der Waals surface area contributed by atoms with Gasteiger partial charge in [-0.1, -0.05) is 0 Å². The molecule has 2 rings (SSSR count). The maximum atomic E-state index is 11.4. The van der Waals surface area contributed by atoms with Crippen molar-refractivity contribution in [3.05, 3.63) is 0 Å². The number of hydrogen-bond donors (Lipinski definition) is 1. The van der Waals surface area contributed by atoms with Gasteiger partial charge in [-0.05, 0) is 39.0 Å². The monoisotopic (exact) mass is 228 g/mol. The number of hydrogen-bond acceptors (Lipinski definition) is 4. The van der Waals surface area contributed by atoms with E-state index < -0.39 is 12.1 Å². The molecule has 0 aromatic rings. The molecular formula is C12H20O4. The fourth-order valence-electron chi connectivity index (χ4n) is 2.67. The lowest BCUT2D eigenvalue weighted by Crippen LogP contribution is -2.49. The fourth-order valence-corrected chi connectivity index (χ4v) is 2.67. The van der Waals surface area contributed by atoms with Gasteiger partial charge in [0.05, 0.1) is 12.2 Å². The van der Waals surface area contributed by atoms with E-state index in [1.54, 1.807) is 6.92 Å². The topological polar surface area (TPSA) is 55.8 Å². The summed E-state index contributed by atoms with van der Waals surface area (Å²) in [5, 5.41) is 9.90. The summed E-state index contributed by atoms with van der Waals surface area (Å²) in [4.78, 5) is 11.4. The zero-order chi connectivity index (χ0) is 11.6. The van der Waals surface area contributed by atoms with Crippen molar-refractivity contribution in [1.29, 1.82) is 0 Å². The highest BCUT2D eigenvalue weighted by Gasteiger charge is 2.45. The molecule has 1 saturated carbocycles. The van der Waals surface area contributed by atoms with Crippen molar-refractivity contribution in [3.63, 3.8) is 0 Å². The Morgan fingerprint density at radius 3 is 2.94 bits per heavy atom. The molecule has 92 valence electrons. The van der Waals surface area contributed by atoms with Crippen LogP contribution < -0.4 is 0 Å². The molecule has 1 aliphatic heterocycles. The van der Waals surface area contributed by atoms with Crippen LogP contribution in [0.4, 0.5) is 0 Å². The maximum absolute atomic E-state index is 11.4. The van der Waals surface area contributed by atoms with Gasteiger partial charge in [-0.2, -0.15) is 0 Å². The molecule has 0 aromatic heterocycles. The second kappa shape index (κ2) is 4.72. The predicted molar refractivity (Wildman–Crippen MR) is 57.9 cm³/mol. The van der Waals surface area contributed by atoms with Crippen LogP contribution in [0.25, 0.3) is 0 Å². The smallest absolute Gasteiger partial charge is 0.335 e. The first-order valence-corrected chi connectivity index (χ1v) is 6.15. The molecule has 4 nitrogen and oxygen atoms in total. The van der Waals surface area contributed by atoms with E-state index in [4.69, 9.17) is 9.47 Å². The molecule has 1 N–H and O–H groups in total. The summed E-state index contributed by atoms with van der Waals surface area (Å²) in [5.74, 6) is -0.475. The molecule has 4 heteroatoms. The average molecular weight is 228 g/mol. The molecule has 2 unspecified atom stereocenters. The van der Waals surface area contributed by atoms with Crippen LogP contribution in [0.3, 0.4) is 0 Å². The fraction of sp³-hybridized carbons (Fsp3) is 0.917. The van der Waals surface area contributed by atoms with Crippen LogP contribution in [-0.2, 0) is 14.3 Å². The highest BCUT2D eigenvalue weighted by Crippen LogP contribution is 2.45. The first-order valence-electron chi connectivity index (χ1n) is 6.15. The lowest BCUT2D eigenvalue weighted by atomic mass is 9.71. The molecule has 1 heterocycles. The average Bonchev–Trinajstić information content (AvgIpc) is 2.26. The number of rotatable bonds is 3. The summed E-state index contributed by atoms with van der Waals surface area (Å²) >= 11 is 0. The van der Waals surface area contributed by atoms with E-state index in [0.29, 0.717) is 13.2 Å². The number of esters is 1. The summed E-state index contributed by atoms with van der Waals surface area (Å²) in [6.07, 6.45) is 3.91. The Morgan fingerprint density at radius 1 is 1.62 bits per heavy atom. The molecule has 0 amide bonds. The highest BCUT2D eigenvalue weighted by atomic mass is 16.5. The van der Waals surface area contributed by atoms with Gasteiger partial charge in [0.1, 0.15) is 0 Å². The van der Waals surface area contributed by atoms with Crippen molar-refractivity contribution in [1.82, 2.24) is 0 Å². The van der Waals surface area contributed by atoms with E-state index in [1.165, 1.54) is 6.42 Å². The van der Waals surface area contributed by atoms with E-state index in [0.717, 1.165) is 25.7 Å². The lowest BCUT2D eigenvalue weighted by molar-refractivity contribution is -0.174. The normalized spacial score (nSPS) is 29.5. The van der Waals surface area contributed by atoms with E-state index in [-0.39, 0.29) is 11.5 Å². The molecule has 0 bridgehead atoms. The van der Waals surface area contributed by atoms with Crippen LogP contribution in [0.5, 0.6) is 0 Å². The van der Waals surface area contributed by atoms with E-state index in [2.05, 4.69) is 0 Å². The Balaban J connectivity index is 1.90. The minimum atomic E-state index is -0.971. The van der Waals surface area contributed by atoms with Crippen LogP contribution in [0.1, 0.15) is 39.0 Å². The molecule has 1 aliphatic carbocycles. The predicted octanol–water partition coefficient (Wildman–Crippen LogP) is 1.26. The molecule has 2 atom stereocenters. The van der Waals surface area contributed by atoms with Crippen molar-refractivity contribution in [2.24, 2.45) is 5.92 Å². The molecule has 2 fully saturated rings. The van der Waals surface area contributed by atoms with Crippen molar-refractivity contribution < 1.29 is 19.4 Å². The van der Waals surface area contributed by atoms with Gasteiger partial charge in [0.25, 0.3) is 0 Å². The zero-order valence-corrected chi connectivity index (χ0v) is 9.78. The van der Waals surface area contributed by atoms with Gasteiger partial charge in [0.15, 0.2) is 6.10 Å². The van der Waals surface area contributed by atoms with Crippen LogP contribution in [-0.4, -0.2) is 36.0 Å². The van der Waals surface area contributed by atoms with Gasteiger partial charge in [-0.15, -0.1) is 0 Å². The standard InChI is InChI=1S/C12H20O4/c1-2-15-11(14)10(13)9-4-7-16-12(8-9)5-3-6-12/h9-10,13H,2-8H2,1H3. The van der Waals surface area contributed by atoms with E-state index in [1.807, 2.05) is 0 Å². The zero-order valence-electron chi connectivity index (χ0n) is 9.78. The maximum Gasteiger partial charge on any atom is 0.335 e. The van der Waals surface area contributed by atoms with Crippen LogP contribution in [0.2, 0.25) is 0 Å². The van der Waals surface area contributed by atoms with Crippen LogP contribution in [0.15, 0.2) is 0 Å².